The van der Waals surface area contributed by atoms with Crippen molar-refractivity contribution in [3.8, 4) is 0 Å². The van der Waals surface area contributed by atoms with E-state index >= 15 is 0 Å². The predicted molar refractivity (Wildman–Crippen MR) is 79.3 cm³/mol. The Morgan fingerprint density at radius 1 is 1.35 bits per heavy atom. The highest BCUT2D eigenvalue weighted by atomic mass is 32.1. The summed E-state index contributed by atoms with van der Waals surface area (Å²) in [5, 5.41) is 3.11. The summed E-state index contributed by atoms with van der Waals surface area (Å²) in [5.74, 6) is -0.404. The third-order valence-corrected chi connectivity index (χ3v) is 3.64. The molecule has 0 aliphatic heterocycles. The van der Waals surface area contributed by atoms with Crippen LogP contribution in [0.25, 0.3) is 0 Å². The number of nitrogens with zero attached hydrogens (tertiary/aromatic N) is 2. The molecule has 6 nitrogen and oxygen atoms in total. The molecule has 1 rings (SSSR count). The Morgan fingerprint density at radius 2 is 1.95 bits per heavy atom. The number of aryl methyl sites for hydroxylation is 1. The lowest BCUT2D eigenvalue weighted by Crippen LogP contribution is -2.34. The van der Waals surface area contributed by atoms with Crippen molar-refractivity contribution < 1.29 is 14.3 Å². The molecule has 1 aromatic rings. The zero-order valence-electron chi connectivity index (χ0n) is 12.5. The van der Waals surface area contributed by atoms with Crippen molar-refractivity contribution >= 4 is 28.5 Å². The first-order chi connectivity index (χ1) is 9.38. The average molecular weight is 299 g/mol. The number of ether oxygens (including phenoxy) is 1. The van der Waals surface area contributed by atoms with Crippen molar-refractivity contribution in [2.24, 2.45) is 0 Å². The number of urea groups is 1. The van der Waals surface area contributed by atoms with Gasteiger partial charge in [-0.05, 0) is 34.6 Å². The van der Waals surface area contributed by atoms with Gasteiger partial charge in [-0.3, -0.25) is 5.32 Å². The molecule has 0 aliphatic carbocycles. The minimum absolute atomic E-state index is 0.183. The number of amides is 2. The largest absolute Gasteiger partial charge is 0.459 e. The van der Waals surface area contributed by atoms with Gasteiger partial charge in [-0.2, -0.15) is 0 Å². The van der Waals surface area contributed by atoms with Crippen LogP contribution in [0.15, 0.2) is 0 Å². The smallest absolute Gasteiger partial charge is 0.350 e. The minimum atomic E-state index is -0.404. The standard InChI is InChI=1S/C13H21N3O3S/c1-6-16(7-2)13(18)15-12-14-9(5)10(20-12)11(17)19-8(3)4/h8H,6-7H2,1-5H3,(H,14,15,18). The van der Waals surface area contributed by atoms with E-state index in [9.17, 15) is 9.59 Å². The SMILES string of the molecule is CCN(CC)C(=O)Nc1nc(C)c(C(=O)OC(C)C)s1. The molecule has 0 aromatic carbocycles. The van der Waals surface area contributed by atoms with E-state index in [4.69, 9.17) is 4.74 Å². The van der Waals surface area contributed by atoms with Crippen molar-refractivity contribution in [1.29, 1.82) is 0 Å². The Morgan fingerprint density at radius 3 is 2.45 bits per heavy atom. The molecule has 112 valence electrons. The van der Waals surface area contributed by atoms with E-state index in [1.807, 2.05) is 13.8 Å². The summed E-state index contributed by atoms with van der Waals surface area (Å²) in [6.07, 6.45) is -0.183. The number of carbonyl (C=O) groups excluding carboxylic acids is 2. The summed E-state index contributed by atoms with van der Waals surface area (Å²) in [7, 11) is 0. The lowest BCUT2D eigenvalue weighted by Gasteiger charge is -2.17. The van der Waals surface area contributed by atoms with Crippen LogP contribution in [-0.4, -0.2) is 41.1 Å². The molecule has 0 radical (unpaired) electrons. The predicted octanol–water partition coefficient (Wildman–Crippen LogP) is 2.89. The van der Waals surface area contributed by atoms with Gasteiger partial charge in [0.2, 0.25) is 0 Å². The maximum atomic E-state index is 11.9. The van der Waals surface area contributed by atoms with Gasteiger partial charge in [-0.15, -0.1) is 0 Å². The van der Waals surface area contributed by atoms with Crippen LogP contribution in [-0.2, 0) is 4.74 Å². The Balaban J connectivity index is 2.80. The lowest BCUT2D eigenvalue weighted by atomic mass is 10.4. The molecule has 7 heteroatoms. The third-order valence-electron chi connectivity index (χ3n) is 2.59. The topological polar surface area (TPSA) is 71.5 Å². The normalized spacial score (nSPS) is 10.5. The molecule has 20 heavy (non-hydrogen) atoms. The van der Waals surface area contributed by atoms with Gasteiger partial charge >= 0.3 is 12.0 Å². The molecule has 0 fully saturated rings. The molecule has 0 bridgehead atoms. The molecule has 0 aliphatic rings. The molecule has 0 spiro atoms. The molecule has 1 N–H and O–H groups in total. The van der Waals surface area contributed by atoms with E-state index < -0.39 is 5.97 Å². The van der Waals surface area contributed by atoms with Gasteiger partial charge in [-0.25, -0.2) is 14.6 Å². The van der Waals surface area contributed by atoms with Gasteiger partial charge in [0.1, 0.15) is 4.88 Å². The quantitative estimate of drug-likeness (QED) is 0.849. The van der Waals surface area contributed by atoms with E-state index in [0.717, 1.165) is 11.3 Å². The monoisotopic (exact) mass is 299 g/mol. The number of esters is 1. The lowest BCUT2D eigenvalue weighted by molar-refractivity contribution is 0.0382. The van der Waals surface area contributed by atoms with Crippen LogP contribution in [0.4, 0.5) is 9.93 Å². The highest BCUT2D eigenvalue weighted by Gasteiger charge is 2.19. The van der Waals surface area contributed by atoms with Gasteiger partial charge in [0.25, 0.3) is 0 Å². The maximum Gasteiger partial charge on any atom is 0.350 e. The highest BCUT2D eigenvalue weighted by molar-refractivity contribution is 7.17. The number of hydrogen-bond donors (Lipinski definition) is 1. The van der Waals surface area contributed by atoms with Crippen LogP contribution in [0.5, 0.6) is 0 Å². The van der Waals surface area contributed by atoms with Gasteiger partial charge in [0.15, 0.2) is 5.13 Å². The van der Waals surface area contributed by atoms with Gasteiger partial charge in [-0.1, -0.05) is 11.3 Å². The molecular weight excluding hydrogens is 278 g/mol. The van der Waals surface area contributed by atoms with E-state index in [0.29, 0.717) is 28.8 Å². The van der Waals surface area contributed by atoms with Crippen LogP contribution in [0, 0.1) is 6.92 Å². The van der Waals surface area contributed by atoms with Crippen molar-refractivity contribution in [3.63, 3.8) is 0 Å². The number of thiazole rings is 1. The molecule has 0 saturated heterocycles. The second-order valence-electron chi connectivity index (χ2n) is 4.49. The summed E-state index contributed by atoms with van der Waals surface area (Å²) in [4.78, 5) is 30.0. The van der Waals surface area contributed by atoms with Crippen LogP contribution < -0.4 is 5.32 Å². The fourth-order valence-electron chi connectivity index (χ4n) is 1.59. The first kappa shape index (κ1) is 16.4. The summed E-state index contributed by atoms with van der Waals surface area (Å²) in [5.41, 5.74) is 0.565. The average Bonchev–Trinajstić information content (AvgIpc) is 2.70. The summed E-state index contributed by atoms with van der Waals surface area (Å²) < 4.78 is 5.13. The van der Waals surface area contributed by atoms with Gasteiger partial charge < -0.3 is 9.64 Å². The second-order valence-corrected chi connectivity index (χ2v) is 5.49. The zero-order valence-corrected chi connectivity index (χ0v) is 13.3. The van der Waals surface area contributed by atoms with Crippen LogP contribution in [0.2, 0.25) is 0 Å². The number of hydrogen-bond acceptors (Lipinski definition) is 5. The van der Waals surface area contributed by atoms with Crippen molar-refractivity contribution in [2.75, 3.05) is 18.4 Å². The third kappa shape index (κ3) is 4.19. The summed E-state index contributed by atoms with van der Waals surface area (Å²) in [6, 6.07) is -0.215. The fourth-order valence-corrected chi connectivity index (χ4v) is 2.43. The van der Waals surface area contributed by atoms with E-state index in [1.165, 1.54) is 0 Å². The van der Waals surface area contributed by atoms with Gasteiger partial charge in [0.05, 0.1) is 11.8 Å². The first-order valence-electron chi connectivity index (χ1n) is 6.63. The molecule has 2 amide bonds. The Hall–Kier alpha value is -1.63. The Kier molecular flexibility index (Phi) is 5.94. The van der Waals surface area contributed by atoms with E-state index in [-0.39, 0.29) is 12.1 Å². The van der Waals surface area contributed by atoms with E-state index in [2.05, 4.69) is 10.3 Å². The number of nitrogens with one attached hydrogen (secondary N) is 1. The molecule has 0 unspecified atom stereocenters. The van der Waals surface area contributed by atoms with E-state index in [1.54, 1.807) is 25.7 Å². The number of carbonyl (C=O) groups is 2. The number of aromatic nitrogens is 1. The Bertz CT molecular complexity index is 481. The Labute approximate surface area is 123 Å². The van der Waals surface area contributed by atoms with Crippen molar-refractivity contribution in [1.82, 2.24) is 9.88 Å². The van der Waals surface area contributed by atoms with Gasteiger partial charge in [0, 0.05) is 13.1 Å². The molecule has 0 atom stereocenters. The van der Waals surface area contributed by atoms with Crippen LogP contribution >= 0.6 is 11.3 Å². The zero-order chi connectivity index (χ0) is 15.3. The summed E-state index contributed by atoms with van der Waals surface area (Å²) in [6.45, 7) is 10.3. The maximum absolute atomic E-state index is 11.9. The van der Waals surface area contributed by atoms with Crippen LogP contribution in [0.3, 0.4) is 0 Å². The molecule has 0 saturated carbocycles. The number of rotatable bonds is 5. The van der Waals surface area contributed by atoms with Crippen molar-refractivity contribution in [3.05, 3.63) is 10.6 Å². The molecule has 1 heterocycles. The highest BCUT2D eigenvalue weighted by Crippen LogP contribution is 2.24. The first-order valence-corrected chi connectivity index (χ1v) is 7.45. The molecule has 1 aromatic heterocycles. The minimum Gasteiger partial charge on any atom is -0.459 e. The van der Waals surface area contributed by atoms with Crippen LogP contribution in [0.1, 0.15) is 43.1 Å². The fraction of sp³-hybridized carbons (Fsp3) is 0.615. The number of anilines is 1. The second kappa shape index (κ2) is 7.23. The summed E-state index contributed by atoms with van der Waals surface area (Å²) >= 11 is 1.13. The molecular formula is C13H21N3O3S. The van der Waals surface area contributed by atoms with Crippen molar-refractivity contribution in [2.45, 2.75) is 40.7 Å².